The van der Waals surface area contributed by atoms with Crippen molar-refractivity contribution in [3.8, 4) is 0 Å². The molecule has 3 unspecified atom stereocenters. The quantitative estimate of drug-likeness (QED) is 0.475. The first-order chi connectivity index (χ1) is 7.52. The molecule has 0 aromatic rings. The summed E-state index contributed by atoms with van der Waals surface area (Å²) in [6.07, 6.45) is 5.25. The molecule has 0 aromatic heterocycles. The highest BCUT2D eigenvalue weighted by molar-refractivity contribution is 5.99. The summed E-state index contributed by atoms with van der Waals surface area (Å²) in [5.74, 6) is -3.12. The lowest BCUT2D eigenvalue weighted by molar-refractivity contribution is -0.174. The number of fused-ring (bicyclic) bond motifs is 2. The number of rotatable bonds is 4. The predicted octanol–water partition coefficient (Wildman–Crippen LogP) is 0.346. The van der Waals surface area contributed by atoms with E-state index >= 15 is 0 Å². The van der Waals surface area contributed by atoms with E-state index in [0.717, 1.165) is 6.42 Å². The largest absolute Gasteiger partial charge is 0.480 e. The van der Waals surface area contributed by atoms with E-state index in [1.54, 1.807) is 0 Å². The van der Waals surface area contributed by atoms with Gasteiger partial charge in [0.05, 0.1) is 6.61 Å². The van der Waals surface area contributed by atoms with Crippen molar-refractivity contribution in [2.75, 3.05) is 6.61 Å². The standard InChI is InChI=1S/C11H14O5/c12-5-11(9(13)14,10(15)16)8-4-6-1-2-7(8)3-6/h1-2,6-8,12H,3-5H2,(H,13,14)(H,15,16). The molecule has 0 amide bonds. The summed E-state index contributed by atoms with van der Waals surface area (Å²) in [4.78, 5) is 22.4. The minimum Gasteiger partial charge on any atom is -0.480 e. The van der Waals surface area contributed by atoms with Crippen LogP contribution in [-0.4, -0.2) is 33.9 Å². The topological polar surface area (TPSA) is 94.8 Å². The second-order valence-electron chi connectivity index (χ2n) is 4.63. The Morgan fingerprint density at radius 1 is 1.19 bits per heavy atom. The van der Waals surface area contributed by atoms with Crippen LogP contribution in [0.3, 0.4) is 0 Å². The summed E-state index contributed by atoms with van der Waals surface area (Å²) < 4.78 is 0. The molecule has 2 aliphatic rings. The van der Waals surface area contributed by atoms with Crippen LogP contribution in [0.2, 0.25) is 0 Å². The first-order valence-electron chi connectivity index (χ1n) is 5.28. The van der Waals surface area contributed by atoms with Gasteiger partial charge in [-0.3, -0.25) is 9.59 Å². The molecule has 2 aliphatic carbocycles. The van der Waals surface area contributed by atoms with Gasteiger partial charge in [-0.25, -0.2) is 0 Å². The molecule has 0 aliphatic heterocycles. The zero-order valence-electron chi connectivity index (χ0n) is 8.67. The van der Waals surface area contributed by atoms with Gasteiger partial charge in [0.2, 0.25) is 0 Å². The normalized spacial score (nSPS) is 31.9. The summed E-state index contributed by atoms with van der Waals surface area (Å²) in [5, 5.41) is 27.5. The Morgan fingerprint density at radius 3 is 2.12 bits per heavy atom. The van der Waals surface area contributed by atoms with E-state index in [0.29, 0.717) is 6.42 Å². The molecule has 1 fully saturated rings. The molecule has 16 heavy (non-hydrogen) atoms. The summed E-state index contributed by atoms with van der Waals surface area (Å²) in [6.45, 7) is -0.848. The van der Waals surface area contributed by atoms with E-state index in [2.05, 4.69) is 0 Å². The van der Waals surface area contributed by atoms with Crippen molar-refractivity contribution in [3.05, 3.63) is 12.2 Å². The Hall–Kier alpha value is -1.36. The van der Waals surface area contributed by atoms with Crippen LogP contribution in [0.15, 0.2) is 12.2 Å². The maximum atomic E-state index is 11.2. The first kappa shape index (κ1) is 11.1. The zero-order valence-corrected chi connectivity index (χ0v) is 8.67. The van der Waals surface area contributed by atoms with Gasteiger partial charge in [0.1, 0.15) is 0 Å². The Kier molecular flexibility index (Phi) is 2.50. The van der Waals surface area contributed by atoms with E-state index < -0.39 is 29.9 Å². The number of hydrogen-bond donors (Lipinski definition) is 3. The maximum Gasteiger partial charge on any atom is 0.323 e. The van der Waals surface area contributed by atoms with Gasteiger partial charge < -0.3 is 15.3 Å². The van der Waals surface area contributed by atoms with Crippen LogP contribution in [-0.2, 0) is 9.59 Å². The molecule has 0 radical (unpaired) electrons. The molecular formula is C11H14O5. The molecule has 0 saturated heterocycles. The molecule has 2 bridgehead atoms. The van der Waals surface area contributed by atoms with Gasteiger partial charge in [-0.1, -0.05) is 12.2 Å². The van der Waals surface area contributed by atoms with Crippen LogP contribution in [0.25, 0.3) is 0 Å². The Labute approximate surface area is 92.4 Å². The third-order valence-electron chi connectivity index (χ3n) is 3.92. The molecule has 1 saturated carbocycles. The lowest BCUT2D eigenvalue weighted by Gasteiger charge is -2.33. The summed E-state index contributed by atoms with van der Waals surface area (Å²) in [5.41, 5.74) is -2.04. The molecule has 88 valence electrons. The van der Waals surface area contributed by atoms with E-state index in [1.165, 1.54) is 0 Å². The van der Waals surface area contributed by atoms with Gasteiger partial charge in [0.25, 0.3) is 0 Å². The van der Waals surface area contributed by atoms with Crippen LogP contribution in [0, 0.1) is 23.2 Å². The Bertz CT molecular complexity index is 345. The molecular weight excluding hydrogens is 212 g/mol. The smallest absolute Gasteiger partial charge is 0.323 e. The van der Waals surface area contributed by atoms with Crippen molar-refractivity contribution >= 4 is 11.9 Å². The minimum atomic E-state index is -2.04. The van der Waals surface area contributed by atoms with E-state index in [4.69, 9.17) is 10.2 Å². The van der Waals surface area contributed by atoms with Crippen LogP contribution >= 0.6 is 0 Å². The van der Waals surface area contributed by atoms with Crippen LogP contribution in [0.4, 0.5) is 0 Å². The van der Waals surface area contributed by atoms with Crippen LogP contribution in [0.1, 0.15) is 12.8 Å². The fraction of sp³-hybridized carbons (Fsp3) is 0.636. The molecule has 5 heteroatoms. The highest BCUT2D eigenvalue weighted by Gasteiger charge is 2.58. The molecule has 0 aromatic carbocycles. The first-order valence-corrected chi connectivity index (χ1v) is 5.28. The SMILES string of the molecule is O=C(O)C(CO)(C(=O)O)C1CC2C=CC1C2. The van der Waals surface area contributed by atoms with Gasteiger partial charge >= 0.3 is 11.9 Å². The molecule has 3 atom stereocenters. The van der Waals surface area contributed by atoms with E-state index in [-0.39, 0.29) is 11.8 Å². The van der Waals surface area contributed by atoms with E-state index in [1.807, 2.05) is 12.2 Å². The van der Waals surface area contributed by atoms with Gasteiger partial charge in [0.15, 0.2) is 5.41 Å². The average Bonchev–Trinajstić information content (AvgIpc) is 2.80. The number of hydrogen-bond acceptors (Lipinski definition) is 3. The molecule has 3 N–H and O–H groups in total. The van der Waals surface area contributed by atoms with Crippen molar-refractivity contribution in [1.82, 2.24) is 0 Å². The number of aliphatic hydroxyl groups excluding tert-OH is 1. The molecule has 5 nitrogen and oxygen atoms in total. The van der Waals surface area contributed by atoms with Gasteiger partial charge in [0, 0.05) is 0 Å². The fourth-order valence-electron chi connectivity index (χ4n) is 3.01. The number of aliphatic hydroxyl groups is 1. The predicted molar refractivity (Wildman–Crippen MR) is 53.6 cm³/mol. The highest BCUT2D eigenvalue weighted by atomic mass is 16.4. The minimum absolute atomic E-state index is 0.0238. The lowest BCUT2D eigenvalue weighted by Crippen LogP contribution is -2.50. The number of aliphatic carboxylic acids is 2. The summed E-state index contributed by atoms with van der Waals surface area (Å²) in [7, 11) is 0. The second-order valence-corrected chi connectivity index (χ2v) is 4.63. The highest BCUT2D eigenvalue weighted by Crippen LogP contribution is 2.51. The monoisotopic (exact) mass is 226 g/mol. The van der Waals surface area contributed by atoms with Crippen LogP contribution in [0.5, 0.6) is 0 Å². The van der Waals surface area contributed by atoms with Crippen molar-refractivity contribution in [2.24, 2.45) is 23.2 Å². The number of carboxylic acid groups (broad SMARTS) is 2. The summed E-state index contributed by atoms with van der Waals surface area (Å²) >= 11 is 0. The molecule has 0 heterocycles. The second kappa shape index (κ2) is 3.59. The number of carbonyl (C=O) groups is 2. The van der Waals surface area contributed by atoms with Gasteiger partial charge in [-0.2, -0.15) is 0 Å². The molecule has 0 spiro atoms. The summed E-state index contributed by atoms with van der Waals surface area (Å²) in [6, 6.07) is 0. The van der Waals surface area contributed by atoms with Crippen molar-refractivity contribution in [2.45, 2.75) is 12.8 Å². The van der Waals surface area contributed by atoms with Crippen molar-refractivity contribution in [1.29, 1.82) is 0 Å². The van der Waals surface area contributed by atoms with Crippen molar-refractivity contribution in [3.63, 3.8) is 0 Å². The van der Waals surface area contributed by atoms with Crippen LogP contribution < -0.4 is 0 Å². The average molecular weight is 226 g/mol. The van der Waals surface area contributed by atoms with Gasteiger partial charge in [-0.15, -0.1) is 0 Å². The fourth-order valence-corrected chi connectivity index (χ4v) is 3.01. The van der Waals surface area contributed by atoms with E-state index in [9.17, 15) is 14.7 Å². The maximum absolute atomic E-state index is 11.2. The third kappa shape index (κ3) is 1.28. The van der Waals surface area contributed by atoms with Gasteiger partial charge in [-0.05, 0) is 30.6 Å². The third-order valence-corrected chi connectivity index (χ3v) is 3.92. The zero-order chi connectivity index (χ0) is 11.9. The Morgan fingerprint density at radius 2 is 1.81 bits per heavy atom. The molecule has 2 rings (SSSR count). The lowest BCUT2D eigenvalue weighted by atomic mass is 9.69. The Balaban J connectivity index is 2.36. The number of carboxylic acids is 2. The van der Waals surface area contributed by atoms with Crippen molar-refractivity contribution < 1.29 is 24.9 Å². The number of allylic oxidation sites excluding steroid dienone is 2.